The first-order chi connectivity index (χ1) is 24.8. The van der Waals surface area contributed by atoms with E-state index >= 15 is 0 Å². The second-order valence-corrected chi connectivity index (χ2v) is 12.6. The van der Waals surface area contributed by atoms with Crippen molar-refractivity contribution in [2.24, 2.45) is 0 Å². The van der Waals surface area contributed by atoms with Gasteiger partial charge in [-0.3, -0.25) is 29.3 Å². The molecule has 1 heterocycles. The van der Waals surface area contributed by atoms with Crippen molar-refractivity contribution in [3.8, 4) is 34.5 Å². The van der Waals surface area contributed by atoms with Gasteiger partial charge in [0.25, 0.3) is 0 Å². The van der Waals surface area contributed by atoms with E-state index in [0.29, 0.717) is 5.69 Å². The lowest BCUT2D eigenvalue weighted by atomic mass is 9.93. The van der Waals surface area contributed by atoms with Crippen LogP contribution in [0.2, 0.25) is 0 Å². The van der Waals surface area contributed by atoms with Crippen LogP contribution in [0, 0.1) is 0 Å². The van der Waals surface area contributed by atoms with Crippen LogP contribution in [0.15, 0.2) is 48.5 Å². The molecule has 0 spiro atoms. The maximum atomic E-state index is 13.6. The number of benzene rings is 3. The zero-order valence-corrected chi connectivity index (χ0v) is 30.1. The zero-order valence-electron chi connectivity index (χ0n) is 30.1. The number of rotatable bonds is 9. The van der Waals surface area contributed by atoms with Gasteiger partial charge in [-0.2, -0.15) is 0 Å². The van der Waals surface area contributed by atoms with E-state index in [9.17, 15) is 33.6 Å². The van der Waals surface area contributed by atoms with E-state index in [1.165, 1.54) is 55.5 Å². The Morgan fingerprint density at radius 2 is 1.21 bits per heavy atom. The lowest BCUT2D eigenvalue weighted by Crippen LogP contribution is -2.35. The monoisotopic (exact) mass is 735 g/mol. The zero-order chi connectivity index (χ0) is 39.2. The summed E-state index contributed by atoms with van der Waals surface area (Å²) >= 11 is 0. The highest BCUT2D eigenvalue weighted by atomic mass is 16.6. The van der Waals surface area contributed by atoms with Crippen LogP contribution in [0.4, 0.5) is 10.5 Å². The van der Waals surface area contributed by atoms with Gasteiger partial charge in [-0.1, -0.05) is 0 Å². The minimum atomic E-state index is -1.27. The number of hydrogen-bond donors (Lipinski definition) is 1. The first-order valence-corrected chi connectivity index (χ1v) is 16.0. The second kappa shape index (κ2) is 16.3. The third kappa shape index (κ3) is 11.0. The molecule has 0 aliphatic carbocycles. The Labute approximate surface area is 303 Å². The Bertz CT molecular complexity index is 1920. The topological polar surface area (TPSA) is 205 Å². The fourth-order valence-corrected chi connectivity index (χ4v) is 5.06. The van der Waals surface area contributed by atoms with Crippen molar-refractivity contribution >= 4 is 47.6 Å². The first kappa shape index (κ1) is 39.3. The predicted molar refractivity (Wildman–Crippen MR) is 182 cm³/mol. The average Bonchev–Trinajstić information content (AvgIpc) is 3.00. The summed E-state index contributed by atoms with van der Waals surface area (Å²) in [5.41, 5.74) is 0.0454. The number of anilines is 1. The summed E-state index contributed by atoms with van der Waals surface area (Å²) in [5.74, 6) is -5.74. The van der Waals surface area contributed by atoms with Crippen LogP contribution >= 0.6 is 0 Å². The molecule has 0 saturated heterocycles. The molecule has 1 aliphatic heterocycles. The molecule has 16 nitrogen and oxygen atoms in total. The number of hydrogen-bond acceptors (Lipinski definition) is 15. The van der Waals surface area contributed by atoms with E-state index in [4.69, 9.17) is 37.9 Å². The largest absolute Gasteiger partial charge is 0.481 e. The quantitative estimate of drug-likeness (QED) is 0.211. The molecule has 53 heavy (non-hydrogen) atoms. The molecular weight excluding hydrogens is 698 g/mol. The summed E-state index contributed by atoms with van der Waals surface area (Å²) in [6.07, 6.45) is -3.34. The molecule has 0 saturated carbocycles. The molecule has 3 aromatic rings. The van der Waals surface area contributed by atoms with Gasteiger partial charge in [-0.15, -0.1) is 0 Å². The highest BCUT2D eigenvalue weighted by molar-refractivity contribution is 5.91. The summed E-state index contributed by atoms with van der Waals surface area (Å²) in [6, 6.07) is 10.9. The average molecular weight is 736 g/mol. The summed E-state index contributed by atoms with van der Waals surface area (Å²) < 4.78 is 44.1. The summed E-state index contributed by atoms with van der Waals surface area (Å²) in [5, 5.41) is 2.57. The molecule has 0 radical (unpaired) electrons. The number of amides is 1. The van der Waals surface area contributed by atoms with Crippen molar-refractivity contribution in [1.29, 1.82) is 0 Å². The number of nitrogens with one attached hydrogen (secondary N) is 1. The van der Waals surface area contributed by atoms with Gasteiger partial charge in [-0.05, 0) is 57.2 Å². The molecule has 0 unspecified atom stereocenters. The van der Waals surface area contributed by atoms with E-state index in [1.54, 1.807) is 20.8 Å². The van der Waals surface area contributed by atoms with E-state index in [-0.39, 0.29) is 57.6 Å². The SMILES string of the molecule is CC(=O)Oc1cc(OC(C)=O)c2c(c1)O[C@H](c1cc(OC(C)=O)c(OC(C)=O)c(OC(C)=O)c1)[C@H](OC(=O)c1ccc(NC(=O)OC(C)(C)C)cc1)C2. The number of fused-ring (bicyclic) bond motifs is 1. The van der Waals surface area contributed by atoms with Crippen LogP contribution < -0.4 is 33.7 Å². The summed E-state index contributed by atoms with van der Waals surface area (Å²) in [6.45, 7) is 10.7. The van der Waals surface area contributed by atoms with Crippen molar-refractivity contribution in [3.05, 3.63) is 65.2 Å². The lowest BCUT2D eigenvalue weighted by molar-refractivity contribution is -0.135. The predicted octanol–water partition coefficient (Wildman–Crippen LogP) is 5.56. The van der Waals surface area contributed by atoms with Crippen LogP contribution in [-0.4, -0.2) is 53.6 Å². The molecule has 16 heteroatoms. The van der Waals surface area contributed by atoms with Gasteiger partial charge in [0.2, 0.25) is 5.75 Å². The van der Waals surface area contributed by atoms with Gasteiger partial charge in [0.15, 0.2) is 17.6 Å². The van der Waals surface area contributed by atoms with Crippen LogP contribution in [0.3, 0.4) is 0 Å². The molecule has 4 rings (SSSR count). The molecule has 1 amide bonds. The van der Waals surface area contributed by atoms with Gasteiger partial charge < -0.3 is 37.9 Å². The Morgan fingerprint density at radius 1 is 0.679 bits per heavy atom. The molecule has 2 atom stereocenters. The van der Waals surface area contributed by atoms with Crippen molar-refractivity contribution < 1.29 is 71.5 Å². The van der Waals surface area contributed by atoms with E-state index < -0.39 is 59.7 Å². The standard InChI is InChI=1S/C37H37NO15/c1-18(39)46-26-15-28(47-19(2)40)27-17-32(52-35(44)23-9-11-25(12-10-23)38-36(45)53-37(6,7)8)33(51-29(27)16-26)24-13-30(48-20(3)41)34(50-22(5)43)31(14-24)49-21(4)42/h9-16,32-33H,17H2,1-8H3,(H,38,45)/t32-,33-/m1/s1. The molecular formula is C37H37NO15. The van der Waals surface area contributed by atoms with Crippen molar-refractivity contribution in [2.75, 3.05) is 5.32 Å². The van der Waals surface area contributed by atoms with Gasteiger partial charge in [0.05, 0.1) is 5.56 Å². The second-order valence-electron chi connectivity index (χ2n) is 12.6. The summed E-state index contributed by atoms with van der Waals surface area (Å²) in [4.78, 5) is 86.0. The minimum Gasteiger partial charge on any atom is -0.481 e. The van der Waals surface area contributed by atoms with Crippen LogP contribution in [0.1, 0.15) is 83.0 Å². The number of esters is 6. The highest BCUT2D eigenvalue weighted by Crippen LogP contribution is 2.47. The lowest BCUT2D eigenvalue weighted by Gasteiger charge is -2.34. The maximum absolute atomic E-state index is 13.6. The van der Waals surface area contributed by atoms with Crippen LogP contribution in [-0.2, 0) is 39.9 Å². The van der Waals surface area contributed by atoms with E-state index in [0.717, 1.165) is 27.7 Å². The molecule has 1 N–H and O–H groups in total. The number of ether oxygens (including phenoxy) is 8. The van der Waals surface area contributed by atoms with Crippen molar-refractivity contribution in [1.82, 2.24) is 0 Å². The Kier molecular flexibility index (Phi) is 12.1. The van der Waals surface area contributed by atoms with Gasteiger partial charge in [0.1, 0.15) is 29.0 Å². The fourth-order valence-electron chi connectivity index (χ4n) is 5.06. The minimum absolute atomic E-state index is 0.0341. The molecule has 3 aromatic carbocycles. The molecule has 0 fully saturated rings. The molecule has 280 valence electrons. The van der Waals surface area contributed by atoms with E-state index in [2.05, 4.69) is 5.32 Å². The van der Waals surface area contributed by atoms with E-state index in [1.807, 2.05) is 0 Å². The molecule has 0 bridgehead atoms. The Hall–Kier alpha value is -6.45. The Balaban J connectivity index is 1.82. The van der Waals surface area contributed by atoms with Crippen LogP contribution in [0.25, 0.3) is 0 Å². The van der Waals surface area contributed by atoms with Gasteiger partial charge >= 0.3 is 41.9 Å². The third-order valence-electron chi connectivity index (χ3n) is 6.80. The van der Waals surface area contributed by atoms with Crippen molar-refractivity contribution in [3.63, 3.8) is 0 Å². The molecule has 0 aromatic heterocycles. The van der Waals surface area contributed by atoms with Crippen LogP contribution in [0.5, 0.6) is 34.5 Å². The highest BCUT2D eigenvalue weighted by Gasteiger charge is 2.39. The molecule has 1 aliphatic rings. The fraction of sp³-hybridized carbons (Fsp3) is 0.324. The van der Waals surface area contributed by atoms with Crippen molar-refractivity contribution in [2.45, 2.75) is 79.6 Å². The summed E-state index contributed by atoms with van der Waals surface area (Å²) in [7, 11) is 0. The Morgan fingerprint density at radius 3 is 1.72 bits per heavy atom. The third-order valence-corrected chi connectivity index (χ3v) is 6.80. The number of carbonyl (C=O) groups excluding carboxylic acids is 7. The smallest absolute Gasteiger partial charge is 0.412 e. The maximum Gasteiger partial charge on any atom is 0.412 e. The first-order valence-electron chi connectivity index (χ1n) is 16.0. The van der Waals surface area contributed by atoms with Gasteiger partial charge in [-0.25, -0.2) is 9.59 Å². The van der Waals surface area contributed by atoms with Gasteiger partial charge in [0, 0.05) is 70.0 Å². The normalized spacial score (nSPS) is 14.6. The number of carbonyl (C=O) groups is 7.